The molecule has 0 aliphatic rings. The zero-order valence-electron chi connectivity index (χ0n) is 10.1. The second-order valence-electron chi connectivity index (χ2n) is 4.25. The van der Waals surface area contributed by atoms with Crippen molar-refractivity contribution in [2.24, 2.45) is 0 Å². The van der Waals surface area contributed by atoms with Crippen molar-refractivity contribution in [1.82, 2.24) is 14.4 Å². The van der Waals surface area contributed by atoms with Gasteiger partial charge in [-0.15, -0.1) is 0 Å². The predicted molar refractivity (Wildman–Crippen MR) is 67.8 cm³/mol. The second kappa shape index (κ2) is 4.22. The van der Waals surface area contributed by atoms with E-state index in [2.05, 4.69) is 9.97 Å². The number of fused-ring (bicyclic) bond motifs is 1. The molecule has 0 unspecified atom stereocenters. The molecule has 2 N–H and O–H groups in total. The van der Waals surface area contributed by atoms with Gasteiger partial charge in [-0.05, 0) is 6.07 Å². The third-order valence-electron chi connectivity index (χ3n) is 2.88. The van der Waals surface area contributed by atoms with Gasteiger partial charge in [0.1, 0.15) is 17.8 Å². The number of aromatic nitrogens is 3. The molecule has 0 fully saturated rings. The maximum absolute atomic E-state index is 13.0. The third kappa shape index (κ3) is 2.07. The molecule has 3 rings (SSSR count). The molecule has 0 saturated carbocycles. The molecule has 0 aliphatic carbocycles. The molecular formula is C13H9F3N4. The maximum Gasteiger partial charge on any atom is 0.417 e. The van der Waals surface area contributed by atoms with Crippen molar-refractivity contribution < 1.29 is 13.2 Å². The highest BCUT2D eigenvalue weighted by atomic mass is 19.4. The quantitative estimate of drug-likeness (QED) is 0.744. The highest BCUT2D eigenvalue weighted by Gasteiger charge is 2.33. The normalized spacial score (nSPS) is 11.9. The van der Waals surface area contributed by atoms with Crippen LogP contribution in [-0.2, 0) is 6.18 Å². The van der Waals surface area contributed by atoms with Gasteiger partial charge in [0.15, 0.2) is 0 Å². The van der Waals surface area contributed by atoms with Gasteiger partial charge in [-0.25, -0.2) is 9.97 Å². The Kier molecular flexibility index (Phi) is 2.63. The number of imidazole rings is 1. The van der Waals surface area contributed by atoms with Crippen LogP contribution in [0.3, 0.4) is 0 Å². The molecule has 0 aliphatic heterocycles. The highest BCUT2D eigenvalue weighted by molar-refractivity contribution is 5.67. The van der Waals surface area contributed by atoms with Gasteiger partial charge in [-0.3, -0.25) is 4.40 Å². The van der Waals surface area contributed by atoms with Crippen molar-refractivity contribution in [2.45, 2.75) is 6.18 Å². The van der Waals surface area contributed by atoms with E-state index in [0.29, 0.717) is 5.65 Å². The van der Waals surface area contributed by atoms with E-state index in [1.807, 2.05) is 0 Å². The van der Waals surface area contributed by atoms with E-state index in [0.717, 1.165) is 6.07 Å². The standard InChI is InChI=1S/C13H9F3N4/c14-13(15,16)9-4-2-1-3-8(9)10-6-20-7-18-11(17)5-12(20)19-10/h1-7H,17H2. The van der Waals surface area contributed by atoms with Crippen LogP contribution in [0.5, 0.6) is 0 Å². The fourth-order valence-corrected chi connectivity index (χ4v) is 1.99. The number of halogens is 3. The number of nitrogens with two attached hydrogens (primary N) is 1. The van der Waals surface area contributed by atoms with Crippen LogP contribution in [0.4, 0.5) is 19.0 Å². The molecule has 0 spiro atoms. The van der Waals surface area contributed by atoms with E-state index in [-0.39, 0.29) is 17.1 Å². The Morgan fingerprint density at radius 3 is 2.65 bits per heavy atom. The van der Waals surface area contributed by atoms with Crippen LogP contribution in [0.25, 0.3) is 16.9 Å². The molecule has 0 atom stereocenters. The summed E-state index contributed by atoms with van der Waals surface area (Å²) in [4.78, 5) is 8.02. The average Bonchev–Trinajstić information content (AvgIpc) is 2.80. The molecule has 102 valence electrons. The molecule has 1 aromatic carbocycles. The molecule has 20 heavy (non-hydrogen) atoms. The topological polar surface area (TPSA) is 56.2 Å². The zero-order valence-corrected chi connectivity index (χ0v) is 10.1. The Bertz CT molecular complexity index is 777. The minimum absolute atomic E-state index is 0.0299. The molecule has 7 heteroatoms. The van der Waals surface area contributed by atoms with Crippen LogP contribution in [0, 0.1) is 0 Å². The van der Waals surface area contributed by atoms with E-state index >= 15 is 0 Å². The first-order chi connectivity index (χ1) is 9.45. The van der Waals surface area contributed by atoms with E-state index in [4.69, 9.17) is 5.73 Å². The van der Waals surface area contributed by atoms with Crippen molar-refractivity contribution in [3.63, 3.8) is 0 Å². The first-order valence-electron chi connectivity index (χ1n) is 5.72. The SMILES string of the molecule is Nc1cc2nc(-c3ccccc3C(F)(F)F)cn2cn1. The van der Waals surface area contributed by atoms with Gasteiger partial charge < -0.3 is 5.73 Å². The first kappa shape index (κ1) is 12.5. The lowest BCUT2D eigenvalue weighted by Crippen LogP contribution is -2.06. The van der Waals surface area contributed by atoms with Crippen molar-refractivity contribution in [3.05, 3.63) is 48.4 Å². The van der Waals surface area contributed by atoms with Crippen molar-refractivity contribution in [1.29, 1.82) is 0 Å². The Morgan fingerprint density at radius 2 is 1.90 bits per heavy atom. The van der Waals surface area contributed by atoms with E-state index < -0.39 is 11.7 Å². The van der Waals surface area contributed by atoms with Crippen LogP contribution >= 0.6 is 0 Å². The summed E-state index contributed by atoms with van der Waals surface area (Å²) in [7, 11) is 0. The van der Waals surface area contributed by atoms with Gasteiger partial charge in [-0.2, -0.15) is 13.2 Å². The lowest BCUT2D eigenvalue weighted by atomic mass is 10.1. The largest absolute Gasteiger partial charge is 0.417 e. The number of nitrogens with zero attached hydrogens (tertiary/aromatic N) is 3. The summed E-state index contributed by atoms with van der Waals surface area (Å²) in [5.74, 6) is 0.263. The summed E-state index contributed by atoms with van der Waals surface area (Å²) in [6.45, 7) is 0. The predicted octanol–water partition coefficient (Wildman–Crippen LogP) is 3.00. The summed E-state index contributed by atoms with van der Waals surface area (Å²) >= 11 is 0. The smallest absolute Gasteiger partial charge is 0.384 e. The number of nitrogen functional groups attached to an aromatic ring is 1. The maximum atomic E-state index is 13.0. The second-order valence-corrected chi connectivity index (χ2v) is 4.25. The number of alkyl halides is 3. The van der Waals surface area contributed by atoms with Gasteiger partial charge in [0.05, 0.1) is 11.3 Å². The van der Waals surface area contributed by atoms with E-state index in [1.54, 1.807) is 6.07 Å². The summed E-state index contributed by atoms with van der Waals surface area (Å²) in [6.07, 6.45) is -1.52. The molecule has 2 aromatic heterocycles. The number of hydrogen-bond donors (Lipinski definition) is 1. The first-order valence-corrected chi connectivity index (χ1v) is 5.72. The third-order valence-corrected chi connectivity index (χ3v) is 2.88. The van der Waals surface area contributed by atoms with Gasteiger partial charge in [0, 0.05) is 17.8 Å². The monoisotopic (exact) mass is 278 g/mol. The summed E-state index contributed by atoms with van der Waals surface area (Å²) in [6, 6.07) is 6.82. The summed E-state index contributed by atoms with van der Waals surface area (Å²) in [5.41, 5.74) is 5.51. The number of benzene rings is 1. The number of rotatable bonds is 1. The molecular weight excluding hydrogens is 269 g/mol. The molecule has 2 heterocycles. The number of hydrogen-bond acceptors (Lipinski definition) is 3. The number of anilines is 1. The molecule has 0 radical (unpaired) electrons. The van der Waals surface area contributed by atoms with Crippen LogP contribution in [-0.4, -0.2) is 14.4 Å². The average molecular weight is 278 g/mol. The van der Waals surface area contributed by atoms with Gasteiger partial charge in [0.25, 0.3) is 0 Å². The minimum atomic E-state index is -4.43. The van der Waals surface area contributed by atoms with E-state index in [9.17, 15) is 13.2 Å². The molecule has 0 saturated heterocycles. The summed E-state index contributed by atoms with van der Waals surface area (Å²) in [5, 5.41) is 0. The van der Waals surface area contributed by atoms with Gasteiger partial charge in [-0.1, -0.05) is 18.2 Å². The van der Waals surface area contributed by atoms with E-state index in [1.165, 1.54) is 35.1 Å². The zero-order chi connectivity index (χ0) is 14.3. The molecule has 0 amide bonds. The molecule has 4 nitrogen and oxygen atoms in total. The van der Waals surface area contributed by atoms with Crippen LogP contribution in [0.2, 0.25) is 0 Å². The lowest BCUT2D eigenvalue weighted by Gasteiger charge is -2.10. The fraction of sp³-hybridized carbons (Fsp3) is 0.0769. The molecule has 3 aromatic rings. The van der Waals surface area contributed by atoms with Crippen molar-refractivity contribution in [3.8, 4) is 11.3 Å². The van der Waals surface area contributed by atoms with Crippen molar-refractivity contribution in [2.75, 3.05) is 5.73 Å². The van der Waals surface area contributed by atoms with Crippen LogP contribution in [0.15, 0.2) is 42.9 Å². The van der Waals surface area contributed by atoms with Crippen LogP contribution in [0.1, 0.15) is 5.56 Å². The fourth-order valence-electron chi connectivity index (χ4n) is 1.99. The Hall–Kier alpha value is -2.57. The van der Waals surface area contributed by atoms with Gasteiger partial charge in [0.2, 0.25) is 0 Å². The van der Waals surface area contributed by atoms with Gasteiger partial charge >= 0.3 is 6.18 Å². The highest BCUT2D eigenvalue weighted by Crippen LogP contribution is 2.36. The molecule has 0 bridgehead atoms. The Morgan fingerprint density at radius 1 is 1.15 bits per heavy atom. The van der Waals surface area contributed by atoms with Crippen LogP contribution < -0.4 is 5.73 Å². The minimum Gasteiger partial charge on any atom is -0.384 e. The Balaban J connectivity index is 2.21. The van der Waals surface area contributed by atoms with Crippen molar-refractivity contribution >= 4 is 11.5 Å². The summed E-state index contributed by atoms with van der Waals surface area (Å²) < 4.78 is 40.5. The Labute approximate surface area is 111 Å². The lowest BCUT2D eigenvalue weighted by molar-refractivity contribution is -0.137.